The molecule has 10 nitrogen and oxygen atoms in total. The Balaban J connectivity index is 0.000000228. The molecule has 0 fully saturated rings. The lowest BCUT2D eigenvalue weighted by molar-refractivity contribution is -0.121. The van der Waals surface area contributed by atoms with Gasteiger partial charge in [-0.2, -0.15) is 0 Å². The molecule has 0 bridgehead atoms. The second kappa shape index (κ2) is 24.3. The van der Waals surface area contributed by atoms with Crippen molar-refractivity contribution in [2.75, 3.05) is 7.11 Å². The first-order valence-electron chi connectivity index (χ1n) is 22.3. The third-order valence-electron chi connectivity index (χ3n) is 11.7. The highest BCUT2D eigenvalue weighted by Crippen LogP contribution is 2.27. The van der Waals surface area contributed by atoms with Crippen LogP contribution in [0, 0.1) is 6.92 Å². The van der Waals surface area contributed by atoms with E-state index in [1.54, 1.807) is 45.6 Å². The predicted octanol–water partition coefficient (Wildman–Crippen LogP) is 9.68. The Morgan fingerprint density at radius 3 is 1.55 bits per heavy atom. The summed E-state index contributed by atoms with van der Waals surface area (Å²) in [6.45, 7) is 4.96. The van der Waals surface area contributed by atoms with Gasteiger partial charge in [-0.25, -0.2) is 15.0 Å². The van der Waals surface area contributed by atoms with Crippen molar-refractivity contribution in [2.24, 2.45) is 0 Å². The molecule has 4 heterocycles. The monoisotopic (exact) mass is 815 g/mol. The number of hydrogen-bond donors (Lipinski definition) is 0. The molecular weight excluding hydrogens is 751 g/mol. The first-order valence-corrected chi connectivity index (χ1v) is 22.3. The van der Waals surface area contributed by atoms with E-state index in [0.29, 0.717) is 50.2 Å². The maximum absolute atomic E-state index is 12.6. The molecule has 0 saturated carbocycles. The first-order chi connectivity index (χ1) is 29.1. The first kappa shape index (κ1) is 46.1. The molecule has 0 radical (unpaired) electrons. The number of methoxy groups -OCH3 is 1. The van der Waals surface area contributed by atoms with Gasteiger partial charge in [0, 0.05) is 91.9 Å². The summed E-state index contributed by atoms with van der Waals surface area (Å²) in [7, 11) is 1.57. The van der Waals surface area contributed by atoms with Crippen LogP contribution >= 0.6 is 0 Å². The number of Topliss-reactive ketones (excluding diaryl/α,β-unsaturated/α-hetero) is 4. The Kier molecular flexibility index (Phi) is 18.7. The molecule has 2 aliphatic rings. The molecule has 2 aliphatic carbocycles. The van der Waals surface area contributed by atoms with E-state index in [2.05, 4.69) is 39.2 Å². The minimum atomic E-state index is -0.122. The van der Waals surface area contributed by atoms with Crippen molar-refractivity contribution in [3.05, 3.63) is 106 Å². The maximum atomic E-state index is 12.6. The number of nitrogens with zero attached hydrogens (tertiary/aromatic N) is 5. The summed E-state index contributed by atoms with van der Waals surface area (Å²) in [5.74, 6) is 1.56. The van der Waals surface area contributed by atoms with Crippen LogP contribution in [-0.4, -0.2) is 55.2 Å². The second-order valence-corrected chi connectivity index (χ2v) is 16.9. The molecule has 2 atom stereocenters. The van der Waals surface area contributed by atoms with Crippen LogP contribution in [0.25, 0.3) is 0 Å². The van der Waals surface area contributed by atoms with Crippen molar-refractivity contribution in [1.29, 1.82) is 0 Å². The number of pyridine rings is 3. The highest BCUT2D eigenvalue weighted by atomic mass is 16.5. The molecule has 1 unspecified atom stereocenters. The van der Waals surface area contributed by atoms with E-state index in [0.717, 1.165) is 86.7 Å². The molecule has 6 rings (SSSR count). The van der Waals surface area contributed by atoms with Gasteiger partial charge in [-0.3, -0.25) is 19.6 Å². The maximum Gasteiger partial charge on any atom is 0.212 e. The summed E-state index contributed by atoms with van der Waals surface area (Å²) in [6, 6.07) is 12.5. The Morgan fingerprint density at radius 1 is 0.567 bits per heavy atom. The van der Waals surface area contributed by atoms with Gasteiger partial charge in [-0.15, -0.1) is 0 Å². The van der Waals surface area contributed by atoms with Gasteiger partial charge in [0.05, 0.1) is 7.11 Å². The Bertz CT molecular complexity index is 2010. The fourth-order valence-electron chi connectivity index (χ4n) is 8.40. The van der Waals surface area contributed by atoms with Crippen LogP contribution in [0.1, 0.15) is 173 Å². The standard InChI is InChI=1S/C26H34N2O3.C24H31N3O2/c1-19(29)16-22(21-13-15-26(31-2)27-18-21)17-24(30)10-7-6-9-23-14-12-20-8-4-3-5-11-25(20)28-23;1-17(28)13-20(21-15-25-18(2)26-16-21)14-23(29)9-5-4-8-22-12-11-19-7-3-6-10-24(19)27-22/h12-15,18,22H,3-11,16-17H2,1-2H3;11-12,15-16,20H,3-10,13-14H2,1-2H3/t22-;/m1./s1. The summed E-state index contributed by atoms with van der Waals surface area (Å²) in [4.78, 5) is 70.8. The molecule has 0 amide bonds. The highest BCUT2D eigenvalue weighted by Gasteiger charge is 2.20. The summed E-state index contributed by atoms with van der Waals surface area (Å²) in [6.07, 6.45) is 24.1. The van der Waals surface area contributed by atoms with E-state index in [-0.39, 0.29) is 35.0 Å². The molecule has 0 N–H and O–H groups in total. The number of carbonyl (C=O) groups excluding carboxylic acids is 4. The Morgan fingerprint density at radius 2 is 1.05 bits per heavy atom. The van der Waals surface area contributed by atoms with Crippen molar-refractivity contribution < 1.29 is 23.9 Å². The molecular formula is C50H65N5O5. The Labute approximate surface area is 357 Å². The average Bonchev–Trinajstić information content (AvgIpc) is 3.49. The van der Waals surface area contributed by atoms with E-state index in [1.165, 1.54) is 54.6 Å². The predicted molar refractivity (Wildman–Crippen MR) is 234 cm³/mol. The van der Waals surface area contributed by atoms with Gasteiger partial charge in [0.2, 0.25) is 5.88 Å². The zero-order chi connectivity index (χ0) is 42.7. The minimum absolute atomic E-state index is 0.0851. The van der Waals surface area contributed by atoms with Crippen LogP contribution in [0.5, 0.6) is 5.88 Å². The molecule has 4 aromatic rings. The number of carbonyl (C=O) groups is 4. The smallest absolute Gasteiger partial charge is 0.212 e. The van der Waals surface area contributed by atoms with E-state index < -0.39 is 0 Å². The summed E-state index contributed by atoms with van der Waals surface area (Å²) in [5, 5.41) is 0. The lowest BCUT2D eigenvalue weighted by Crippen LogP contribution is -2.11. The molecule has 60 heavy (non-hydrogen) atoms. The zero-order valence-corrected chi connectivity index (χ0v) is 36.5. The third kappa shape index (κ3) is 15.6. The van der Waals surface area contributed by atoms with Crippen molar-refractivity contribution in [3.8, 4) is 5.88 Å². The van der Waals surface area contributed by atoms with Gasteiger partial charge in [0.15, 0.2) is 0 Å². The number of rotatable bonds is 21. The number of aryl methyl sites for hydroxylation is 7. The summed E-state index contributed by atoms with van der Waals surface area (Å²) < 4.78 is 5.10. The number of aromatic nitrogens is 5. The minimum Gasteiger partial charge on any atom is -0.481 e. The Hall–Kier alpha value is -4.99. The van der Waals surface area contributed by atoms with Gasteiger partial charge in [-0.05, 0) is 151 Å². The van der Waals surface area contributed by atoms with E-state index in [4.69, 9.17) is 14.7 Å². The number of fused-ring (bicyclic) bond motifs is 2. The second-order valence-electron chi connectivity index (χ2n) is 16.9. The van der Waals surface area contributed by atoms with E-state index in [9.17, 15) is 19.2 Å². The van der Waals surface area contributed by atoms with Crippen molar-refractivity contribution in [2.45, 2.75) is 167 Å². The molecule has 10 heteroatoms. The molecule has 320 valence electrons. The van der Waals surface area contributed by atoms with Gasteiger partial charge in [0.1, 0.15) is 29.0 Å². The van der Waals surface area contributed by atoms with Crippen LogP contribution in [0.15, 0.2) is 55.0 Å². The quantitative estimate of drug-likeness (QED) is 0.0590. The zero-order valence-electron chi connectivity index (χ0n) is 36.5. The van der Waals surface area contributed by atoms with E-state index >= 15 is 0 Å². The highest BCUT2D eigenvalue weighted by molar-refractivity contribution is 5.82. The SMILES string of the molecule is CC(=O)CC(CC(=O)CCCCc1ccc2c(n1)CCCC2)c1cnc(C)nc1.COc1ccc([C@H](CC(C)=O)CC(=O)CCCCc2ccc3c(n2)CCCCC3)cn1. The molecule has 0 aromatic carbocycles. The fraction of sp³-hybridized carbons (Fsp3) is 0.540. The summed E-state index contributed by atoms with van der Waals surface area (Å²) >= 11 is 0. The lowest BCUT2D eigenvalue weighted by atomic mass is 9.89. The van der Waals surface area contributed by atoms with E-state index in [1.807, 2.05) is 13.0 Å². The molecule has 0 saturated heterocycles. The van der Waals surface area contributed by atoms with Crippen molar-refractivity contribution in [3.63, 3.8) is 0 Å². The largest absolute Gasteiger partial charge is 0.481 e. The van der Waals surface area contributed by atoms with Gasteiger partial charge < -0.3 is 14.3 Å². The van der Waals surface area contributed by atoms with Crippen LogP contribution in [0.3, 0.4) is 0 Å². The van der Waals surface area contributed by atoms with Crippen LogP contribution in [0.4, 0.5) is 0 Å². The lowest BCUT2D eigenvalue weighted by Gasteiger charge is -2.15. The number of hydrogen-bond acceptors (Lipinski definition) is 10. The molecule has 0 spiro atoms. The van der Waals surface area contributed by atoms with Crippen molar-refractivity contribution >= 4 is 23.1 Å². The van der Waals surface area contributed by atoms with Crippen LogP contribution in [0.2, 0.25) is 0 Å². The number of ketones is 4. The van der Waals surface area contributed by atoms with Gasteiger partial charge >= 0.3 is 0 Å². The summed E-state index contributed by atoms with van der Waals surface area (Å²) in [5.41, 5.74) is 9.46. The van der Waals surface area contributed by atoms with Crippen molar-refractivity contribution in [1.82, 2.24) is 24.9 Å². The van der Waals surface area contributed by atoms with Gasteiger partial charge in [0.25, 0.3) is 0 Å². The van der Waals surface area contributed by atoms with Gasteiger partial charge in [-0.1, -0.05) is 24.6 Å². The topological polar surface area (TPSA) is 142 Å². The fourth-order valence-corrected chi connectivity index (χ4v) is 8.40. The number of ether oxygens (including phenoxy) is 1. The normalized spacial score (nSPS) is 14.3. The molecule has 0 aliphatic heterocycles. The van der Waals surface area contributed by atoms with Crippen LogP contribution in [-0.2, 0) is 57.7 Å². The average molecular weight is 816 g/mol. The van der Waals surface area contributed by atoms with Crippen LogP contribution < -0.4 is 4.74 Å². The third-order valence-corrected chi connectivity index (χ3v) is 11.7. The molecule has 4 aromatic heterocycles. The number of unbranched alkanes of at least 4 members (excludes halogenated alkanes) is 2.